The maximum atomic E-state index is 4.62. The van der Waals surface area contributed by atoms with E-state index in [4.69, 9.17) is 0 Å². The van der Waals surface area contributed by atoms with Crippen molar-refractivity contribution in [2.45, 2.75) is 40.5 Å². The van der Waals surface area contributed by atoms with Gasteiger partial charge in [-0.25, -0.2) is 0 Å². The van der Waals surface area contributed by atoms with E-state index in [0.29, 0.717) is 6.54 Å². The van der Waals surface area contributed by atoms with Crippen molar-refractivity contribution in [1.29, 1.82) is 0 Å². The Hall–Kier alpha value is -1.36. The molecule has 0 saturated heterocycles. The van der Waals surface area contributed by atoms with Crippen LogP contribution in [-0.4, -0.2) is 26.0 Å². The summed E-state index contributed by atoms with van der Waals surface area (Å²) < 4.78 is 0. The highest BCUT2D eigenvalue weighted by atomic mass is 14.7. The van der Waals surface area contributed by atoms with Crippen LogP contribution in [0.1, 0.15) is 40.5 Å². The van der Waals surface area contributed by atoms with E-state index in [2.05, 4.69) is 49.3 Å². The highest BCUT2D eigenvalue weighted by molar-refractivity contribution is 5.80. The lowest BCUT2D eigenvalue weighted by molar-refractivity contribution is 0.111. The predicted octanol–water partition coefficient (Wildman–Crippen LogP) is 3.78. The Morgan fingerprint density at radius 3 is 2.68 bits per heavy atom. The van der Waals surface area contributed by atoms with Gasteiger partial charge in [-0.3, -0.25) is 9.98 Å². The molecular formula is C17H26N2. The number of allylic oxidation sites excluding steroid dienone is 1. The number of nitrogens with zero attached hydrogens (tertiary/aromatic N) is 2. The van der Waals surface area contributed by atoms with Crippen LogP contribution < -0.4 is 0 Å². The maximum Gasteiger partial charge on any atom is 0.0596 e. The Morgan fingerprint density at radius 1 is 1.42 bits per heavy atom. The first-order chi connectivity index (χ1) is 9.10. The van der Waals surface area contributed by atoms with Crippen LogP contribution in [0.4, 0.5) is 0 Å². The zero-order chi connectivity index (χ0) is 14.3. The van der Waals surface area contributed by atoms with Gasteiger partial charge >= 0.3 is 0 Å². The van der Waals surface area contributed by atoms with Crippen LogP contribution in [0.15, 0.2) is 21.1 Å². The van der Waals surface area contributed by atoms with Crippen LogP contribution in [-0.2, 0) is 0 Å². The molecule has 3 unspecified atom stereocenters. The number of rotatable bonds is 6. The third-order valence-electron chi connectivity index (χ3n) is 4.26. The average molecular weight is 258 g/mol. The van der Waals surface area contributed by atoms with Crippen LogP contribution in [0, 0.1) is 29.6 Å². The molecule has 0 aliphatic heterocycles. The zero-order valence-electron chi connectivity index (χ0n) is 12.7. The van der Waals surface area contributed by atoms with Crippen molar-refractivity contribution in [3.63, 3.8) is 0 Å². The van der Waals surface area contributed by atoms with E-state index in [1.807, 2.05) is 13.1 Å². The fourth-order valence-corrected chi connectivity index (χ4v) is 2.47. The van der Waals surface area contributed by atoms with Crippen LogP contribution >= 0.6 is 0 Å². The second-order valence-electron chi connectivity index (χ2n) is 5.62. The number of hydrogen-bond donors (Lipinski definition) is 0. The molecule has 0 heterocycles. The van der Waals surface area contributed by atoms with E-state index >= 15 is 0 Å². The minimum absolute atomic E-state index is 0.670. The van der Waals surface area contributed by atoms with Gasteiger partial charge in [-0.05, 0) is 55.9 Å². The SMILES string of the molecule is C=NC/C(C)=C(/C=NCC1CC(C)C1C)CC#CC. The average Bonchev–Trinajstić information content (AvgIpc) is 2.41. The monoisotopic (exact) mass is 258 g/mol. The van der Waals surface area contributed by atoms with Crippen molar-refractivity contribution in [1.82, 2.24) is 0 Å². The summed E-state index contributed by atoms with van der Waals surface area (Å²) >= 11 is 0. The molecule has 1 saturated carbocycles. The largest absolute Gasteiger partial charge is 0.297 e. The second kappa shape index (κ2) is 7.94. The highest BCUT2D eigenvalue weighted by Gasteiger charge is 2.33. The van der Waals surface area contributed by atoms with Gasteiger partial charge in [0.05, 0.1) is 6.54 Å². The first-order valence-corrected chi connectivity index (χ1v) is 7.10. The van der Waals surface area contributed by atoms with E-state index in [0.717, 1.165) is 30.7 Å². The third kappa shape index (κ3) is 4.67. The molecule has 1 rings (SSSR count). The first-order valence-electron chi connectivity index (χ1n) is 7.10. The zero-order valence-corrected chi connectivity index (χ0v) is 12.7. The van der Waals surface area contributed by atoms with Crippen LogP contribution in [0.25, 0.3) is 0 Å². The second-order valence-corrected chi connectivity index (χ2v) is 5.62. The van der Waals surface area contributed by atoms with Gasteiger partial charge < -0.3 is 0 Å². The summed E-state index contributed by atoms with van der Waals surface area (Å²) in [6, 6.07) is 0. The van der Waals surface area contributed by atoms with Gasteiger partial charge in [-0.1, -0.05) is 19.8 Å². The Bertz CT molecular complexity index is 420. The lowest BCUT2D eigenvalue weighted by Crippen LogP contribution is -2.34. The Balaban J connectivity index is 2.58. The van der Waals surface area contributed by atoms with Gasteiger partial charge in [0.1, 0.15) is 0 Å². The molecule has 0 aromatic heterocycles. The van der Waals surface area contributed by atoms with Crippen LogP contribution in [0.2, 0.25) is 0 Å². The van der Waals surface area contributed by atoms with Gasteiger partial charge in [0, 0.05) is 19.2 Å². The molecule has 1 fully saturated rings. The van der Waals surface area contributed by atoms with Crippen LogP contribution in [0.5, 0.6) is 0 Å². The van der Waals surface area contributed by atoms with E-state index in [1.54, 1.807) is 0 Å². The molecular weight excluding hydrogens is 232 g/mol. The van der Waals surface area contributed by atoms with Gasteiger partial charge in [0.2, 0.25) is 0 Å². The van der Waals surface area contributed by atoms with Crippen molar-refractivity contribution in [3.05, 3.63) is 11.1 Å². The van der Waals surface area contributed by atoms with E-state index < -0.39 is 0 Å². The van der Waals surface area contributed by atoms with E-state index in [9.17, 15) is 0 Å². The third-order valence-corrected chi connectivity index (χ3v) is 4.26. The summed E-state index contributed by atoms with van der Waals surface area (Å²) in [6.07, 6.45) is 4.08. The van der Waals surface area contributed by atoms with Crippen LogP contribution in [0.3, 0.4) is 0 Å². The quantitative estimate of drug-likeness (QED) is 0.511. The summed E-state index contributed by atoms with van der Waals surface area (Å²) in [5.41, 5.74) is 2.42. The summed E-state index contributed by atoms with van der Waals surface area (Å²) in [6.45, 7) is 13.8. The van der Waals surface area contributed by atoms with E-state index in [1.165, 1.54) is 17.6 Å². The predicted molar refractivity (Wildman–Crippen MR) is 85.0 cm³/mol. The topological polar surface area (TPSA) is 24.7 Å². The summed E-state index contributed by atoms with van der Waals surface area (Å²) in [5.74, 6) is 8.50. The van der Waals surface area contributed by atoms with Gasteiger partial charge in [-0.2, -0.15) is 0 Å². The molecule has 0 aromatic carbocycles. The smallest absolute Gasteiger partial charge is 0.0596 e. The normalized spacial score (nSPS) is 27.3. The summed E-state index contributed by atoms with van der Waals surface area (Å²) in [5, 5.41) is 0. The van der Waals surface area contributed by atoms with E-state index in [-0.39, 0.29) is 0 Å². The molecule has 19 heavy (non-hydrogen) atoms. The van der Waals surface area contributed by atoms with Gasteiger partial charge in [0.15, 0.2) is 0 Å². The molecule has 0 bridgehead atoms. The molecule has 1 aliphatic rings. The molecule has 104 valence electrons. The van der Waals surface area contributed by atoms with Gasteiger partial charge in [-0.15, -0.1) is 5.92 Å². The minimum Gasteiger partial charge on any atom is -0.297 e. The molecule has 3 atom stereocenters. The summed E-state index contributed by atoms with van der Waals surface area (Å²) in [4.78, 5) is 8.56. The Morgan fingerprint density at radius 2 is 2.16 bits per heavy atom. The van der Waals surface area contributed by atoms with Crippen molar-refractivity contribution in [3.8, 4) is 11.8 Å². The number of aliphatic imine (C=N–C) groups is 2. The maximum absolute atomic E-state index is 4.62. The minimum atomic E-state index is 0.670. The highest BCUT2D eigenvalue weighted by Crippen LogP contribution is 2.39. The summed E-state index contributed by atoms with van der Waals surface area (Å²) in [7, 11) is 0. The van der Waals surface area contributed by atoms with Gasteiger partial charge in [0.25, 0.3) is 0 Å². The standard InChI is InChI=1S/C17H26N2/c1-6-7-8-16(14(3)10-18-5)11-19-12-17-9-13(2)15(17)4/h11,13,15,17H,5,8-10,12H2,1-4H3/b16-14+,19-11?. The Labute approximate surface area is 118 Å². The lowest BCUT2D eigenvalue weighted by Gasteiger charge is -2.39. The van der Waals surface area contributed by atoms with Crippen molar-refractivity contribution in [2.24, 2.45) is 27.7 Å². The molecule has 0 N–H and O–H groups in total. The van der Waals surface area contributed by atoms with Crippen molar-refractivity contribution < 1.29 is 0 Å². The first kappa shape index (κ1) is 15.7. The molecule has 0 radical (unpaired) electrons. The molecule has 2 nitrogen and oxygen atoms in total. The lowest BCUT2D eigenvalue weighted by atomic mass is 9.67. The fraction of sp³-hybridized carbons (Fsp3) is 0.647. The Kier molecular flexibility index (Phi) is 6.56. The van der Waals surface area contributed by atoms with Crippen molar-refractivity contribution >= 4 is 12.9 Å². The molecule has 0 aromatic rings. The molecule has 0 amide bonds. The number of hydrogen-bond acceptors (Lipinski definition) is 2. The van der Waals surface area contributed by atoms with Crippen molar-refractivity contribution in [2.75, 3.05) is 13.1 Å². The fourth-order valence-electron chi connectivity index (χ4n) is 2.47. The molecule has 1 aliphatic carbocycles. The molecule has 2 heteroatoms. The molecule has 0 spiro atoms.